The van der Waals surface area contributed by atoms with E-state index in [2.05, 4.69) is 10.3 Å². The van der Waals surface area contributed by atoms with Gasteiger partial charge in [0.15, 0.2) is 0 Å². The Kier molecular flexibility index (Phi) is 5.07. The fourth-order valence-corrected chi connectivity index (χ4v) is 2.35. The molecule has 24 heavy (non-hydrogen) atoms. The molecule has 1 atom stereocenters. The number of amides is 1. The molecule has 1 amide bonds. The van der Waals surface area contributed by atoms with Crippen molar-refractivity contribution in [1.82, 2.24) is 10.3 Å². The van der Waals surface area contributed by atoms with Crippen LogP contribution >= 0.6 is 0 Å². The number of esters is 1. The van der Waals surface area contributed by atoms with Gasteiger partial charge < -0.3 is 15.0 Å². The average Bonchev–Trinajstić information content (AvgIpc) is 2.54. The molecule has 0 radical (unpaired) electrons. The minimum absolute atomic E-state index is 0.106. The molecule has 1 unspecified atom stereocenters. The molecular formula is C18H22N2O4. The van der Waals surface area contributed by atoms with Crippen LogP contribution in [0.4, 0.5) is 0 Å². The Morgan fingerprint density at radius 2 is 1.96 bits per heavy atom. The molecule has 0 bridgehead atoms. The standard InChI is InChI=1S/C18H22N2O4/c1-5-24-17(23)18(4,11(2)3)20-16(22)14-10-12-8-6-7-9-13(12)15(21)19-14/h6-11H,5H2,1-4H3,(H,19,21)(H,20,22). The van der Waals surface area contributed by atoms with Crippen molar-refractivity contribution in [3.63, 3.8) is 0 Å². The fourth-order valence-electron chi connectivity index (χ4n) is 2.35. The molecule has 0 saturated heterocycles. The van der Waals surface area contributed by atoms with Crippen LogP contribution in [0.2, 0.25) is 0 Å². The van der Waals surface area contributed by atoms with Crippen molar-refractivity contribution in [3.8, 4) is 0 Å². The zero-order valence-electron chi connectivity index (χ0n) is 14.3. The van der Waals surface area contributed by atoms with E-state index in [1.807, 2.05) is 13.8 Å². The van der Waals surface area contributed by atoms with Crippen molar-refractivity contribution in [2.75, 3.05) is 6.61 Å². The van der Waals surface area contributed by atoms with Gasteiger partial charge >= 0.3 is 5.97 Å². The van der Waals surface area contributed by atoms with Crippen LogP contribution < -0.4 is 10.9 Å². The molecule has 0 fully saturated rings. The summed E-state index contributed by atoms with van der Waals surface area (Å²) >= 11 is 0. The lowest BCUT2D eigenvalue weighted by Crippen LogP contribution is -2.56. The van der Waals surface area contributed by atoms with Crippen molar-refractivity contribution in [2.24, 2.45) is 5.92 Å². The summed E-state index contributed by atoms with van der Waals surface area (Å²) in [5.74, 6) is -1.22. The lowest BCUT2D eigenvalue weighted by molar-refractivity contribution is -0.152. The summed E-state index contributed by atoms with van der Waals surface area (Å²) in [7, 11) is 0. The van der Waals surface area contributed by atoms with Gasteiger partial charge in [-0.3, -0.25) is 9.59 Å². The first-order valence-electron chi connectivity index (χ1n) is 7.91. The minimum Gasteiger partial charge on any atom is -0.464 e. The number of pyridine rings is 1. The Bertz CT molecular complexity index is 825. The number of aromatic amines is 1. The number of carbonyl (C=O) groups excluding carboxylic acids is 2. The van der Waals surface area contributed by atoms with Crippen LogP contribution in [0.25, 0.3) is 10.8 Å². The number of benzene rings is 1. The second-order valence-corrected chi connectivity index (χ2v) is 6.13. The van der Waals surface area contributed by atoms with Gasteiger partial charge in [0.25, 0.3) is 11.5 Å². The Morgan fingerprint density at radius 3 is 2.58 bits per heavy atom. The minimum atomic E-state index is -1.18. The van der Waals surface area contributed by atoms with Crippen LogP contribution in [0.3, 0.4) is 0 Å². The third kappa shape index (κ3) is 3.32. The highest BCUT2D eigenvalue weighted by Crippen LogP contribution is 2.19. The third-order valence-electron chi connectivity index (χ3n) is 4.23. The summed E-state index contributed by atoms with van der Waals surface area (Å²) < 4.78 is 5.07. The first-order valence-corrected chi connectivity index (χ1v) is 7.91. The van der Waals surface area contributed by atoms with Gasteiger partial charge in [0.05, 0.1) is 6.61 Å². The number of H-pyrrole nitrogens is 1. The predicted octanol–water partition coefficient (Wildman–Crippen LogP) is 2.24. The van der Waals surface area contributed by atoms with Crippen molar-refractivity contribution in [1.29, 1.82) is 0 Å². The van der Waals surface area contributed by atoms with E-state index in [0.717, 1.165) is 0 Å². The van der Waals surface area contributed by atoms with Gasteiger partial charge in [-0.05, 0) is 37.3 Å². The number of rotatable bonds is 5. The van der Waals surface area contributed by atoms with Gasteiger partial charge in [0.2, 0.25) is 0 Å². The van der Waals surface area contributed by atoms with Crippen LogP contribution in [0.1, 0.15) is 38.2 Å². The highest BCUT2D eigenvalue weighted by atomic mass is 16.5. The van der Waals surface area contributed by atoms with Crippen LogP contribution in [0, 0.1) is 5.92 Å². The van der Waals surface area contributed by atoms with Crippen LogP contribution in [0.15, 0.2) is 35.1 Å². The SMILES string of the molecule is CCOC(=O)C(C)(NC(=O)c1cc2ccccc2c(=O)[nH]1)C(C)C. The maximum Gasteiger partial charge on any atom is 0.331 e. The van der Waals surface area contributed by atoms with Gasteiger partial charge in [0.1, 0.15) is 11.2 Å². The largest absolute Gasteiger partial charge is 0.464 e. The fraction of sp³-hybridized carbons (Fsp3) is 0.389. The Balaban J connectivity index is 2.37. The molecule has 0 aliphatic heterocycles. The Labute approximate surface area is 140 Å². The summed E-state index contributed by atoms with van der Waals surface area (Å²) in [6.07, 6.45) is 0. The number of carbonyl (C=O) groups is 2. The molecule has 0 aliphatic rings. The number of fused-ring (bicyclic) bond motifs is 1. The average molecular weight is 330 g/mol. The van der Waals surface area contributed by atoms with Crippen molar-refractivity contribution < 1.29 is 14.3 Å². The Hall–Kier alpha value is -2.63. The first-order chi connectivity index (χ1) is 11.3. The normalized spacial score (nSPS) is 13.5. The van der Waals surface area contributed by atoms with Crippen LogP contribution in [-0.4, -0.2) is 29.0 Å². The molecule has 0 aliphatic carbocycles. The van der Waals surface area contributed by atoms with E-state index < -0.39 is 17.4 Å². The third-order valence-corrected chi connectivity index (χ3v) is 4.23. The van der Waals surface area contributed by atoms with Crippen LogP contribution in [-0.2, 0) is 9.53 Å². The second kappa shape index (κ2) is 6.86. The number of hydrogen-bond donors (Lipinski definition) is 2. The van der Waals surface area contributed by atoms with Gasteiger partial charge in [0, 0.05) is 5.39 Å². The molecule has 0 saturated carbocycles. The number of aromatic nitrogens is 1. The molecule has 0 spiro atoms. The first kappa shape index (κ1) is 17.7. The second-order valence-electron chi connectivity index (χ2n) is 6.13. The summed E-state index contributed by atoms with van der Waals surface area (Å²) in [6, 6.07) is 8.59. The van der Waals surface area contributed by atoms with Gasteiger partial charge in [-0.1, -0.05) is 32.0 Å². The lowest BCUT2D eigenvalue weighted by Gasteiger charge is -2.32. The highest BCUT2D eigenvalue weighted by Gasteiger charge is 2.40. The number of ether oxygens (including phenoxy) is 1. The monoisotopic (exact) mass is 330 g/mol. The van der Waals surface area contributed by atoms with E-state index in [9.17, 15) is 14.4 Å². The highest BCUT2D eigenvalue weighted by molar-refractivity contribution is 5.99. The summed E-state index contributed by atoms with van der Waals surface area (Å²) in [5.41, 5.74) is -1.43. The van der Waals surface area contributed by atoms with E-state index in [1.54, 1.807) is 44.2 Å². The maximum absolute atomic E-state index is 12.6. The smallest absolute Gasteiger partial charge is 0.331 e. The van der Waals surface area contributed by atoms with E-state index in [1.165, 1.54) is 0 Å². The van der Waals surface area contributed by atoms with E-state index in [-0.39, 0.29) is 23.8 Å². The topological polar surface area (TPSA) is 88.3 Å². The lowest BCUT2D eigenvalue weighted by atomic mass is 9.88. The summed E-state index contributed by atoms with van der Waals surface area (Å²) in [5, 5.41) is 3.87. The molecule has 6 nitrogen and oxygen atoms in total. The molecule has 1 aromatic heterocycles. The molecule has 1 aromatic carbocycles. The molecule has 128 valence electrons. The molecule has 1 heterocycles. The molecule has 2 aromatic rings. The summed E-state index contributed by atoms with van der Waals surface area (Å²) in [6.45, 7) is 7.19. The van der Waals surface area contributed by atoms with E-state index in [4.69, 9.17) is 4.74 Å². The van der Waals surface area contributed by atoms with E-state index in [0.29, 0.717) is 10.8 Å². The quantitative estimate of drug-likeness (QED) is 0.823. The summed E-state index contributed by atoms with van der Waals surface area (Å²) in [4.78, 5) is 39.5. The van der Waals surface area contributed by atoms with Gasteiger partial charge in [-0.15, -0.1) is 0 Å². The van der Waals surface area contributed by atoms with Crippen LogP contribution in [0.5, 0.6) is 0 Å². The van der Waals surface area contributed by atoms with E-state index >= 15 is 0 Å². The molecule has 2 N–H and O–H groups in total. The number of nitrogens with one attached hydrogen (secondary N) is 2. The predicted molar refractivity (Wildman–Crippen MR) is 91.9 cm³/mol. The molecule has 6 heteroatoms. The van der Waals surface area contributed by atoms with Crippen molar-refractivity contribution in [2.45, 2.75) is 33.2 Å². The maximum atomic E-state index is 12.6. The zero-order chi connectivity index (χ0) is 17.9. The molecule has 2 rings (SSSR count). The van der Waals surface area contributed by atoms with Gasteiger partial charge in [-0.25, -0.2) is 4.79 Å². The number of hydrogen-bond acceptors (Lipinski definition) is 4. The van der Waals surface area contributed by atoms with Crippen molar-refractivity contribution in [3.05, 3.63) is 46.4 Å². The van der Waals surface area contributed by atoms with Gasteiger partial charge in [-0.2, -0.15) is 0 Å². The van der Waals surface area contributed by atoms with Crippen molar-refractivity contribution >= 4 is 22.6 Å². The zero-order valence-corrected chi connectivity index (χ0v) is 14.3. The molecular weight excluding hydrogens is 308 g/mol. The Morgan fingerprint density at radius 1 is 1.29 bits per heavy atom.